The standard InChI is InChI=1S/C14H19N3S/c1-3-18-9-10(2)17-13-7-6-12(15)14-11(13)5-4-8-16-14/h4-8,10,17H,3,9,15H2,1-2H3. The molecule has 0 saturated carbocycles. The predicted octanol–water partition coefficient (Wildman–Crippen LogP) is 3.37. The highest BCUT2D eigenvalue weighted by Gasteiger charge is 2.07. The van der Waals surface area contributed by atoms with E-state index in [1.54, 1.807) is 6.20 Å². The molecule has 3 nitrogen and oxygen atoms in total. The largest absolute Gasteiger partial charge is 0.397 e. The van der Waals surface area contributed by atoms with Gasteiger partial charge in [0.05, 0.1) is 11.2 Å². The smallest absolute Gasteiger partial charge is 0.0951 e. The normalized spacial score (nSPS) is 12.6. The molecule has 4 heteroatoms. The minimum atomic E-state index is 0.432. The summed E-state index contributed by atoms with van der Waals surface area (Å²) in [5, 5.41) is 4.62. The Morgan fingerprint density at radius 1 is 1.39 bits per heavy atom. The van der Waals surface area contributed by atoms with Gasteiger partial charge < -0.3 is 11.1 Å². The Hall–Kier alpha value is -1.42. The fourth-order valence-electron chi connectivity index (χ4n) is 1.92. The van der Waals surface area contributed by atoms with Crippen LogP contribution in [0.2, 0.25) is 0 Å². The summed E-state index contributed by atoms with van der Waals surface area (Å²) in [6.45, 7) is 4.38. The summed E-state index contributed by atoms with van der Waals surface area (Å²) >= 11 is 1.94. The van der Waals surface area contributed by atoms with Crippen LogP contribution in [0, 0.1) is 0 Å². The number of aromatic nitrogens is 1. The van der Waals surface area contributed by atoms with E-state index >= 15 is 0 Å². The summed E-state index contributed by atoms with van der Waals surface area (Å²) in [4.78, 5) is 4.34. The van der Waals surface area contributed by atoms with Gasteiger partial charge in [-0.25, -0.2) is 0 Å². The molecule has 1 heterocycles. The number of benzene rings is 1. The van der Waals surface area contributed by atoms with Gasteiger partial charge in [-0.05, 0) is 36.9 Å². The van der Waals surface area contributed by atoms with Crippen molar-refractivity contribution in [1.82, 2.24) is 4.98 Å². The molecular formula is C14H19N3S. The summed E-state index contributed by atoms with van der Waals surface area (Å²) in [6.07, 6.45) is 1.78. The maximum atomic E-state index is 5.94. The maximum Gasteiger partial charge on any atom is 0.0951 e. The quantitative estimate of drug-likeness (QED) is 0.810. The molecule has 18 heavy (non-hydrogen) atoms. The van der Waals surface area contributed by atoms with Crippen LogP contribution in [0.5, 0.6) is 0 Å². The van der Waals surface area contributed by atoms with Gasteiger partial charge in [0.2, 0.25) is 0 Å². The Morgan fingerprint density at radius 3 is 3.00 bits per heavy atom. The number of anilines is 2. The molecule has 96 valence electrons. The molecule has 0 fully saturated rings. The Balaban J connectivity index is 2.26. The van der Waals surface area contributed by atoms with Crippen LogP contribution in [-0.2, 0) is 0 Å². The Morgan fingerprint density at radius 2 is 2.22 bits per heavy atom. The van der Waals surface area contributed by atoms with Crippen LogP contribution in [0.1, 0.15) is 13.8 Å². The van der Waals surface area contributed by atoms with Gasteiger partial charge in [0.1, 0.15) is 0 Å². The zero-order chi connectivity index (χ0) is 13.0. The highest BCUT2D eigenvalue weighted by molar-refractivity contribution is 7.99. The van der Waals surface area contributed by atoms with E-state index in [0.29, 0.717) is 6.04 Å². The van der Waals surface area contributed by atoms with Gasteiger partial charge >= 0.3 is 0 Å². The monoisotopic (exact) mass is 261 g/mol. The predicted molar refractivity (Wildman–Crippen MR) is 82.2 cm³/mol. The molecule has 0 radical (unpaired) electrons. The van der Waals surface area contributed by atoms with Gasteiger partial charge in [0.25, 0.3) is 0 Å². The Kier molecular flexibility index (Phi) is 4.31. The second-order valence-electron chi connectivity index (χ2n) is 4.31. The lowest BCUT2D eigenvalue weighted by Gasteiger charge is -2.16. The molecular weight excluding hydrogens is 242 g/mol. The zero-order valence-electron chi connectivity index (χ0n) is 10.8. The SMILES string of the molecule is CCSCC(C)Nc1ccc(N)c2ncccc12. The lowest BCUT2D eigenvalue weighted by atomic mass is 10.1. The molecule has 1 unspecified atom stereocenters. The minimum Gasteiger partial charge on any atom is -0.397 e. The first-order valence-corrected chi connectivity index (χ1v) is 7.35. The fourth-order valence-corrected chi connectivity index (χ4v) is 2.59. The first-order chi connectivity index (χ1) is 8.72. The van der Waals surface area contributed by atoms with Crippen LogP contribution < -0.4 is 11.1 Å². The van der Waals surface area contributed by atoms with Gasteiger partial charge in [0, 0.05) is 29.1 Å². The van der Waals surface area contributed by atoms with Gasteiger partial charge in [-0.3, -0.25) is 4.98 Å². The van der Waals surface area contributed by atoms with Gasteiger partial charge in [0.15, 0.2) is 0 Å². The fraction of sp³-hybridized carbons (Fsp3) is 0.357. The summed E-state index contributed by atoms with van der Waals surface area (Å²) < 4.78 is 0. The molecule has 0 bridgehead atoms. The molecule has 2 aromatic rings. The van der Waals surface area contributed by atoms with Crippen LogP contribution in [0.3, 0.4) is 0 Å². The Labute approximate surface area is 112 Å². The first kappa shape index (κ1) is 13.0. The molecule has 1 atom stereocenters. The highest BCUT2D eigenvalue weighted by atomic mass is 32.2. The third-order valence-electron chi connectivity index (χ3n) is 2.77. The van der Waals surface area contributed by atoms with E-state index in [9.17, 15) is 0 Å². The summed E-state index contributed by atoms with van der Waals surface area (Å²) in [5.74, 6) is 2.25. The topological polar surface area (TPSA) is 50.9 Å². The van der Waals surface area contributed by atoms with Crippen LogP contribution >= 0.6 is 11.8 Å². The van der Waals surface area contributed by atoms with E-state index in [-0.39, 0.29) is 0 Å². The number of hydrogen-bond donors (Lipinski definition) is 2. The van der Waals surface area contributed by atoms with Crippen molar-refractivity contribution in [3.63, 3.8) is 0 Å². The molecule has 0 amide bonds. The van der Waals surface area contributed by atoms with Crippen LogP contribution in [0.25, 0.3) is 10.9 Å². The molecule has 1 aromatic heterocycles. The number of fused-ring (bicyclic) bond motifs is 1. The lowest BCUT2D eigenvalue weighted by molar-refractivity contribution is 0.915. The van der Waals surface area contributed by atoms with Crippen molar-refractivity contribution in [3.8, 4) is 0 Å². The molecule has 0 aliphatic rings. The third-order valence-corrected chi connectivity index (χ3v) is 3.92. The number of rotatable bonds is 5. The van der Waals surface area contributed by atoms with E-state index in [0.717, 1.165) is 33.8 Å². The van der Waals surface area contributed by atoms with Crippen LogP contribution in [0.4, 0.5) is 11.4 Å². The number of nitrogens with zero attached hydrogens (tertiary/aromatic N) is 1. The second-order valence-corrected chi connectivity index (χ2v) is 5.63. The van der Waals surface area contributed by atoms with Crippen molar-refractivity contribution in [2.45, 2.75) is 19.9 Å². The number of pyridine rings is 1. The Bertz CT molecular complexity index is 527. The van der Waals surface area contributed by atoms with E-state index in [4.69, 9.17) is 5.73 Å². The summed E-state index contributed by atoms with van der Waals surface area (Å²) in [5.41, 5.74) is 8.65. The van der Waals surface area contributed by atoms with E-state index in [1.165, 1.54) is 0 Å². The molecule has 0 aliphatic carbocycles. The van der Waals surface area contributed by atoms with E-state index < -0.39 is 0 Å². The van der Waals surface area contributed by atoms with E-state index in [2.05, 4.69) is 30.2 Å². The molecule has 0 spiro atoms. The summed E-state index contributed by atoms with van der Waals surface area (Å²) in [6, 6.07) is 8.38. The molecule has 2 rings (SSSR count). The van der Waals surface area contributed by atoms with Crippen molar-refractivity contribution in [3.05, 3.63) is 30.5 Å². The number of nitrogen functional groups attached to an aromatic ring is 1. The van der Waals surface area contributed by atoms with Crippen molar-refractivity contribution in [2.75, 3.05) is 22.6 Å². The molecule has 0 saturated heterocycles. The average Bonchev–Trinajstić information content (AvgIpc) is 2.40. The van der Waals surface area contributed by atoms with Crippen molar-refractivity contribution < 1.29 is 0 Å². The highest BCUT2D eigenvalue weighted by Crippen LogP contribution is 2.27. The number of hydrogen-bond acceptors (Lipinski definition) is 4. The zero-order valence-corrected chi connectivity index (χ0v) is 11.6. The van der Waals surface area contributed by atoms with Gasteiger partial charge in [-0.2, -0.15) is 11.8 Å². The minimum absolute atomic E-state index is 0.432. The van der Waals surface area contributed by atoms with Crippen LogP contribution in [-0.4, -0.2) is 22.5 Å². The number of thioether (sulfide) groups is 1. The molecule has 1 aromatic carbocycles. The molecule has 0 aliphatic heterocycles. The van der Waals surface area contributed by atoms with Gasteiger partial charge in [-0.15, -0.1) is 0 Å². The summed E-state index contributed by atoms with van der Waals surface area (Å²) in [7, 11) is 0. The van der Waals surface area contributed by atoms with Gasteiger partial charge in [-0.1, -0.05) is 6.92 Å². The number of nitrogens with one attached hydrogen (secondary N) is 1. The van der Waals surface area contributed by atoms with Crippen molar-refractivity contribution in [2.24, 2.45) is 0 Å². The van der Waals surface area contributed by atoms with E-state index in [1.807, 2.05) is 30.0 Å². The van der Waals surface area contributed by atoms with Crippen LogP contribution in [0.15, 0.2) is 30.5 Å². The number of nitrogens with two attached hydrogens (primary N) is 1. The first-order valence-electron chi connectivity index (χ1n) is 6.20. The third kappa shape index (κ3) is 2.88. The average molecular weight is 261 g/mol. The van der Waals surface area contributed by atoms with Crippen molar-refractivity contribution in [1.29, 1.82) is 0 Å². The lowest BCUT2D eigenvalue weighted by Crippen LogP contribution is -2.18. The van der Waals surface area contributed by atoms with Crippen molar-refractivity contribution >= 4 is 34.0 Å². The maximum absolute atomic E-state index is 5.94. The molecule has 3 N–H and O–H groups in total. The second kappa shape index (κ2) is 5.96.